The number of H-pyrrole nitrogens is 1. The van der Waals surface area contributed by atoms with Gasteiger partial charge in [-0.3, -0.25) is 4.79 Å². The second-order valence-electron chi connectivity index (χ2n) is 18.2. The molecule has 1 spiro atoms. The van der Waals surface area contributed by atoms with Crippen LogP contribution in [0.25, 0.3) is 16.5 Å². The highest BCUT2D eigenvalue weighted by molar-refractivity contribution is 5.92. The molecule has 1 aromatic heterocycles. The molecule has 47 heavy (non-hydrogen) atoms. The normalized spacial score (nSPS) is 45.0. The number of carbonyl (C=O) groups excluding carboxylic acids is 1. The quantitative estimate of drug-likeness (QED) is 0.285. The van der Waals surface area contributed by atoms with Crippen LogP contribution in [-0.4, -0.2) is 73.6 Å². The summed E-state index contributed by atoms with van der Waals surface area (Å²) in [7, 11) is 0. The number of aromatic amines is 1. The second-order valence-corrected chi connectivity index (χ2v) is 18.2. The number of carbonyl (C=O) groups is 1. The minimum absolute atomic E-state index is 0.241. The van der Waals surface area contributed by atoms with Gasteiger partial charge < -0.3 is 34.1 Å². The van der Waals surface area contributed by atoms with Gasteiger partial charge in [0.05, 0.1) is 22.9 Å². The fourth-order valence-electron chi connectivity index (χ4n) is 12.3. The average Bonchev–Trinajstić information content (AvgIpc) is 3.35. The molecule has 9 rings (SSSR count). The van der Waals surface area contributed by atoms with Gasteiger partial charge in [-0.05, 0) is 126 Å². The van der Waals surface area contributed by atoms with Crippen LogP contribution in [0.3, 0.4) is 0 Å². The van der Waals surface area contributed by atoms with Crippen molar-refractivity contribution in [3.8, 4) is 0 Å². The number of epoxide rings is 1. The zero-order chi connectivity index (χ0) is 33.5. The monoisotopic (exact) mass is 645 g/mol. The largest absolute Gasteiger partial charge is 0.457 e. The van der Waals surface area contributed by atoms with Gasteiger partial charge in [0.25, 0.3) is 0 Å². The molecule has 8 heteroatoms. The summed E-state index contributed by atoms with van der Waals surface area (Å²) in [5.74, 6) is 0.274. The fourth-order valence-corrected chi connectivity index (χ4v) is 12.3. The number of benzene rings is 1. The molecule has 7 aliphatic rings. The number of esters is 1. The molecule has 254 valence electrons. The fraction of sp³-hybridized carbons (Fsp3) is 0.718. The van der Waals surface area contributed by atoms with Crippen molar-refractivity contribution in [2.75, 3.05) is 0 Å². The summed E-state index contributed by atoms with van der Waals surface area (Å²) >= 11 is 0. The Hall–Kier alpha value is -2.23. The maximum Gasteiger partial charge on any atom is 0.303 e. The van der Waals surface area contributed by atoms with Gasteiger partial charge >= 0.3 is 5.97 Å². The van der Waals surface area contributed by atoms with Crippen LogP contribution >= 0.6 is 0 Å². The summed E-state index contributed by atoms with van der Waals surface area (Å²) in [5.41, 5.74) is 3.10. The molecule has 4 aliphatic carbocycles. The highest BCUT2D eigenvalue weighted by Crippen LogP contribution is 2.75. The molecule has 3 N–H and O–H groups in total. The summed E-state index contributed by atoms with van der Waals surface area (Å²) in [5, 5.41) is 25.6. The number of rotatable bonds is 2. The van der Waals surface area contributed by atoms with E-state index >= 15 is 0 Å². The predicted octanol–water partition coefficient (Wildman–Crippen LogP) is 5.67. The lowest BCUT2D eigenvalue weighted by Gasteiger charge is -2.66. The topological polar surface area (TPSA) is 114 Å². The molecule has 1 aromatic carbocycles. The van der Waals surface area contributed by atoms with Gasteiger partial charge in [0, 0.05) is 40.3 Å². The van der Waals surface area contributed by atoms with E-state index in [1.54, 1.807) is 13.8 Å². The van der Waals surface area contributed by atoms with Crippen molar-refractivity contribution in [3.05, 3.63) is 40.6 Å². The van der Waals surface area contributed by atoms with Gasteiger partial charge in [0.1, 0.15) is 17.8 Å². The van der Waals surface area contributed by atoms with Gasteiger partial charge in [-0.25, -0.2) is 0 Å². The molecular weight excluding hydrogens is 594 g/mol. The maximum atomic E-state index is 13.2. The van der Waals surface area contributed by atoms with Crippen molar-refractivity contribution < 1.29 is 34.0 Å². The van der Waals surface area contributed by atoms with Gasteiger partial charge in [0.2, 0.25) is 0 Å². The summed E-state index contributed by atoms with van der Waals surface area (Å²) in [6.45, 7) is 18.2. The average molecular weight is 646 g/mol. The Morgan fingerprint density at radius 3 is 2.51 bits per heavy atom. The van der Waals surface area contributed by atoms with Crippen molar-refractivity contribution in [1.29, 1.82) is 0 Å². The highest BCUT2D eigenvalue weighted by atomic mass is 16.7. The van der Waals surface area contributed by atoms with Crippen LogP contribution in [-0.2, 0) is 42.0 Å². The van der Waals surface area contributed by atoms with E-state index in [4.69, 9.17) is 18.9 Å². The molecule has 10 atom stereocenters. The highest BCUT2D eigenvalue weighted by Gasteiger charge is 2.87. The Bertz CT molecular complexity index is 1780. The lowest BCUT2D eigenvalue weighted by Crippen LogP contribution is -2.76. The van der Waals surface area contributed by atoms with E-state index < -0.39 is 52.6 Å². The molecular formula is C39H51NO7. The van der Waals surface area contributed by atoms with Crippen LogP contribution < -0.4 is 0 Å². The van der Waals surface area contributed by atoms with Crippen LogP contribution in [0.4, 0.5) is 0 Å². The Balaban J connectivity index is 1.14. The first-order valence-electron chi connectivity index (χ1n) is 17.8. The first-order valence-corrected chi connectivity index (χ1v) is 17.8. The number of aliphatic hydroxyl groups is 2. The summed E-state index contributed by atoms with van der Waals surface area (Å²) in [4.78, 5) is 16.3. The SMILES string of the molecule is CC(=O)O[C@@H]1C(C(C)(C)O)OC2CC[C@@]3(C)[C@@](O)(CCC4Cc5c([nH]c6cc7c(cc56)C[C@H]5C7=CC(C)(C)OC5(C)C)[C@@]43C)[C@]23OC13. The molecule has 4 fully saturated rings. The van der Waals surface area contributed by atoms with Gasteiger partial charge in [-0.1, -0.05) is 13.8 Å². The van der Waals surface area contributed by atoms with Crippen molar-refractivity contribution >= 4 is 22.4 Å². The predicted molar refractivity (Wildman–Crippen MR) is 177 cm³/mol. The molecule has 0 radical (unpaired) electrons. The molecule has 0 amide bonds. The van der Waals surface area contributed by atoms with Crippen LogP contribution in [0.1, 0.15) is 110 Å². The minimum Gasteiger partial charge on any atom is -0.457 e. The number of ether oxygens (including phenoxy) is 4. The Labute approximate surface area is 277 Å². The number of nitrogens with one attached hydrogen (secondary N) is 1. The lowest BCUT2D eigenvalue weighted by atomic mass is 9.40. The molecule has 3 aliphatic heterocycles. The zero-order valence-electron chi connectivity index (χ0n) is 29.4. The first-order chi connectivity index (χ1) is 21.8. The van der Waals surface area contributed by atoms with E-state index in [2.05, 4.69) is 64.7 Å². The number of fused-ring (bicyclic) bond motifs is 10. The van der Waals surface area contributed by atoms with Gasteiger partial charge in [0.15, 0.2) is 11.7 Å². The van der Waals surface area contributed by atoms with Gasteiger partial charge in [-0.2, -0.15) is 0 Å². The van der Waals surface area contributed by atoms with E-state index in [1.165, 1.54) is 45.8 Å². The summed E-state index contributed by atoms with van der Waals surface area (Å²) < 4.78 is 25.6. The molecule has 0 bridgehead atoms. The third kappa shape index (κ3) is 3.55. The summed E-state index contributed by atoms with van der Waals surface area (Å²) in [6.07, 6.45) is 4.75. The molecule has 2 saturated carbocycles. The summed E-state index contributed by atoms with van der Waals surface area (Å²) in [6, 6.07) is 4.83. The Morgan fingerprint density at radius 1 is 1.06 bits per heavy atom. The van der Waals surface area contributed by atoms with Crippen molar-refractivity contribution in [2.24, 2.45) is 17.3 Å². The van der Waals surface area contributed by atoms with Crippen molar-refractivity contribution in [1.82, 2.24) is 4.98 Å². The lowest BCUT2D eigenvalue weighted by molar-refractivity contribution is -0.282. The smallest absolute Gasteiger partial charge is 0.303 e. The van der Waals surface area contributed by atoms with E-state index in [0.29, 0.717) is 24.7 Å². The molecule has 8 nitrogen and oxygen atoms in total. The van der Waals surface area contributed by atoms with E-state index in [1.807, 2.05) is 0 Å². The number of hydrogen-bond donors (Lipinski definition) is 3. The van der Waals surface area contributed by atoms with Crippen LogP contribution in [0.5, 0.6) is 0 Å². The molecule has 4 heterocycles. The molecule has 2 saturated heterocycles. The third-order valence-electron chi connectivity index (χ3n) is 14.4. The van der Waals surface area contributed by atoms with Crippen molar-refractivity contribution in [3.63, 3.8) is 0 Å². The van der Waals surface area contributed by atoms with Crippen LogP contribution in [0.15, 0.2) is 18.2 Å². The van der Waals surface area contributed by atoms with Crippen molar-refractivity contribution in [2.45, 2.75) is 159 Å². The van der Waals surface area contributed by atoms with E-state index in [0.717, 1.165) is 25.7 Å². The third-order valence-corrected chi connectivity index (χ3v) is 14.4. The Kier molecular flexibility index (Phi) is 5.72. The molecule has 4 unspecified atom stereocenters. The first kappa shape index (κ1) is 30.8. The molecule has 2 aromatic rings. The standard InChI is InChI=1S/C39H51NO7/c1-19(41)44-29-31(34(4,5)42)45-28-11-12-36(8)37(9)21(10-13-38(36,43)39(28)32(29)46-39)16-24-23-14-20-15-26-25(18-33(2,3)47-35(26,6)7)22(20)17-27(23)40-30(24)37/h14,17-18,21,26,28-29,31-32,40,42-43H,10-13,15-16H2,1-9H3/t21?,26-,28?,29+,31?,32?,36+,37+,38-,39-/m0/s1. The van der Waals surface area contributed by atoms with E-state index in [9.17, 15) is 15.0 Å². The maximum absolute atomic E-state index is 13.2. The van der Waals surface area contributed by atoms with Crippen LogP contribution in [0.2, 0.25) is 0 Å². The Morgan fingerprint density at radius 2 is 1.81 bits per heavy atom. The van der Waals surface area contributed by atoms with Crippen LogP contribution in [0, 0.1) is 17.3 Å². The number of aromatic nitrogens is 1. The van der Waals surface area contributed by atoms with Gasteiger partial charge in [-0.15, -0.1) is 0 Å². The number of hydrogen-bond acceptors (Lipinski definition) is 7. The van der Waals surface area contributed by atoms with E-state index in [-0.39, 0.29) is 16.6 Å². The zero-order valence-corrected chi connectivity index (χ0v) is 29.4. The second kappa shape index (κ2) is 8.73. The minimum atomic E-state index is -1.25.